The number of hydrogen-bond donors (Lipinski definition) is 2. The lowest BCUT2D eigenvalue weighted by Gasteiger charge is -2.34. The minimum atomic E-state index is -0.445. The zero-order valence-corrected chi connectivity index (χ0v) is 14.0. The molecule has 2 fully saturated rings. The second-order valence-electron chi connectivity index (χ2n) is 6.71. The van der Waals surface area contributed by atoms with E-state index >= 15 is 0 Å². The second kappa shape index (κ2) is 6.57. The van der Waals surface area contributed by atoms with E-state index in [2.05, 4.69) is 10.6 Å². The molecule has 6 heteroatoms. The zero-order chi connectivity index (χ0) is 15.5. The standard InChI is InChI=1S/C15H26N2O3S/c1-14(2)13(19)17-11(8-21-14)12(18)16-9-15(10-20-3)6-4-5-7-15/h11H,4-10H2,1-3H3,(H,16,18)(H,17,19). The van der Waals surface area contributed by atoms with E-state index in [1.54, 1.807) is 7.11 Å². The van der Waals surface area contributed by atoms with Crippen molar-refractivity contribution < 1.29 is 14.3 Å². The molecule has 5 nitrogen and oxygen atoms in total. The topological polar surface area (TPSA) is 67.4 Å². The summed E-state index contributed by atoms with van der Waals surface area (Å²) in [4.78, 5) is 24.2. The van der Waals surface area contributed by atoms with E-state index in [0.717, 1.165) is 12.8 Å². The third-order valence-electron chi connectivity index (χ3n) is 4.53. The molecule has 0 radical (unpaired) electrons. The van der Waals surface area contributed by atoms with E-state index in [1.165, 1.54) is 24.6 Å². The molecule has 0 aromatic carbocycles. The summed E-state index contributed by atoms with van der Waals surface area (Å²) in [6.45, 7) is 5.09. The first-order valence-electron chi connectivity index (χ1n) is 7.60. The summed E-state index contributed by atoms with van der Waals surface area (Å²) in [5, 5.41) is 5.84. The Morgan fingerprint density at radius 1 is 1.43 bits per heavy atom. The summed E-state index contributed by atoms with van der Waals surface area (Å²) in [6, 6.07) is -0.420. The van der Waals surface area contributed by atoms with E-state index in [-0.39, 0.29) is 17.2 Å². The SMILES string of the molecule is COCC1(CNC(=O)C2CSC(C)(C)C(=O)N2)CCCC1. The van der Waals surface area contributed by atoms with Crippen LogP contribution in [0.2, 0.25) is 0 Å². The maximum atomic E-state index is 12.3. The third-order valence-corrected chi connectivity index (χ3v) is 5.94. The fraction of sp³-hybridized carbons (Fsp3) is 0.867. The first kappa shape index (κ1) is 16.6. The van der Waals surface area contributed by atoms with Crippen LogP contribution in [0.3, 0.4) is 0 Å². The van der Waals surface area contributed by atoms with Crippen molar-refractivity contribution in [3.63, 3.8) is 0 Å². The minimum absolute atomic E-state index is 0.0635. The summed E-state index contributed by atoms with van der Waals surface area (Å²) in [5.41, 5.74) is 0.0789. The van der Waals surface area contributed by atoms with Crippen molar-refractivity contribution in [3.8, 4) is 0 Å². The summed E-state index contributed by atoms with van der Waals surface area (Å²) in [6.07, 6.45) is 4.59. The first-order valence-corrected chi connectivity index (χ1v) is 8.59. The molecule has 120 valence electrons. The van der Waals surface area contributed by atoms with E-state index < -0.39 is 10.8 Å². The Morgan fingerprint density at radius 3 is 2.67 bits per heavy atom. The summed E-state index contributed by atoms with van der Waals surface area (Å²) in [7, 11) is 1.71. The van der Waals surface area contributed by atoms with Crippen molar-refractivity contribution in [2.24, 2.45) is 5.41 Å². The molecule has 1 saturated heterocycles. The molecular weight excluding hydrogens is 288 g/mol. The van der Waals surface area contributed by atoms with Gasteiger partial charge in [0.2, 0.25) is 11.8 Å². The van der Waals surface area contributed by atoms with E-state index in [4.69, 9.17) is 4.74 Å². The highest BCUT2D eigenvalue weighted by atomic mass is 32.2. The summed E-state index contributed by atoms with van der Waals surface area (Å²) >= 11 is 1.53. The molecule has 2 aliphatic rings. The fourth-order valence-corrected chi connectivity index (χ4v) is 4.08. The van der Waals surface area contributed by atoms with Gasteiger partial charge in [-0.3, -0.25) is 9.59 Å². The average Bonchev–Trinajstić information content (AvgIpc) is 2.89. The molecule has 1 aliphatic heterocycles. The molecule has 1 unspecified atom stereocenters. The Morgan fingerprint density at radius 2 is 2.10 bits per heavy atom. The Labute approximate surface area is 130 Å². The lowest BCUT2D eigenvalue weighted by atomic mass is 9.87. The van der Waals surface area contributed by atoms with Crippen molar-refractivity contribution in [1.82, 2.24) is 10.6 Å². The van der Waals surface area contributed by atoms with Gasteiger partial charge in [-0.25, -0.2) is 0 Å². The van der Waals surface area contributed by atoms with Crippen molar-refractivity contribution in [2.45, 2.75) is 50.3 Å². The van der Waals surface area contributed by atoms with Gasteiger partial charge in [-0.1, -0.05) is 12.8 Å². The number of hydrogen-bond acceptors (Lipinski definition) is 4. The summed E-state index contributed by atoms with van der Waals surface area (Å²) in [5.74, 6) is 0.488. The second-order valence-corrected chi connectivity index (χ2v) is 8.35. The van der Waals surface area contributed by atoms with E-state index in [9.17, 15) is 9.59 Å². The largest absolute Gasteiger partial charge is 0.384 e. The smallest absolute Gasteiger partial charge is 0.243 e. The molecule has 2 amide bonds. The molecular formula is C15H26N2O3S. The molecule has 1 atom stereocenters. The monoisotopic (exact) mass is 314 g/mol. The van der Waals surface area contributed by atoms with Crippen molar-refractivity contribution in [1.29, 1.82) is 0 Å². The van der Waals surface area contributed by atoms with Crippen LogP contribution < -0.4 is 10.6 Å². The quantitative estimate of drug-likeness (QED) is 0.803. The molecule has 2 N–H and O–H groups in total. The maximum Gasteiger partial charge on any atom is 0.243 e. The van der Waals surface area contributed by atoms with Gasteiger partial charge >= 0.3 is 0 Å². The number of ether oxygens (including phenoxy) is 1. The number of methoxy groups -OCH3 is 1. The van der Waals surface area contributed by atoms with Crippen LogP contribution in [0.5, 0.6) is 0 Å². The van der Waals surface area contributed by atoms with Crippen molar-refractivity contribution in [2.75, 3.05) is 26.0 Å². The van der Waals surface area contributed by atoms with Gasteiger partial charge in [0, 0.05) is 24.8 Å². The van der Waals surface area contributed by atoms with Gasteiger partial charge in [-0.05, 0) is 26.7 Å². The van der Waals surface area contributed by atoms with Crippen LogP contribution in [0.25, 0.3) is 0 Å². The molecule has 1 heterocycles. The maximum absolute atomic E-state index is 12.3. The van der Waals surface area contributed by atoms with Crippen LogP contribution in [-0.2, 0) is 14.3 Å². The van der Waals surface area contributed by atoms with Crippen LogP contribution in [0.1, 0.15) is 39.5 Å². The van der Waals surface area contributed by atoms with Crippen LogP contribution in [0, 0.1) is 5.41 Å². The molecule has 1 saturated carbocycles. The van der Waals surface area contributed by atoms with Crippen LogP contribution in [0.4, 0.5) is 0 Å². The minimum Gasteiger partial charge on any atom is -0.384 e. The van der Waals surface area contributed by atoms with Gasteiger partial charge in [0.1, 0.15) is 6.04 Å². The van der Waals surface area contributed by atoms with E-state index in [1.807, 2.05) is 13.8 Å². The molecule has 0 bridgehead atoms. The molecule has 0 aromatic heterocycles. The fourth-order valence-electron chi connectivity index (χ4n) is 3.07. The van der Waals surface area contributed by atoms with Gasteiger partial charge in [0.25, 0.3) is 0 Å². The number of amides is 2. The highest BCUT2D eigenvalue weighted by Crippen LogP contribution is 2.37. The van der Waals surface area contributed by atoms with Crippen molar-refractivity contribution >= 4 is 23.6 Å². The van der Waals surface area contributed by atoms with Gasteiger partial charge in [-0.2, -0.15) is 0 Å². The van der Waals surface area contributed by atoms with Crippen LogP contribution >= 0.6 is 11.8 Å². The van der Waals surface area contributed by atoms with Gasteiger partial charge in [-0.15, -0.1) is 11.8 Å². The average molecular weight is 314 g/mol. The molecule has 0 spiro atoms. The van der Waals surface area contributed by atoms with Crippen molar-refractivity contribution in [3.05, 3.63) is 0 Å². The number of nitrogens with one attached hydrogen (secondary N) is 2. The third kappa shape index (κ3) is 3.92. The van der Waals surface area contributed by atoms with Gasteiger partial charge in [0.15, 0.2) is 0 Å². The van der Waals surface area contributed by atoms with Crippen LogP contribution in [-0.4, -0.2) is 48.6 Å². The lowest BCUT2D eigenvalue weighted by Crippen LogP contribution is -2.58. The van der Waals surface area contributed by atoms with Gasteiger partial charge in [0.05, 0.1) is 11.4 Å². The predicted octanol–water partition coefficient (Wildman–Crippen LogP) is 1.32. The normalized spacial score (nSPS) is 27.2. The Bertz CT molecular complexity index is 406. The Kier molecular flexibility index (Phi) is 5.20. The van der Waals surface area contributed by atoms with Gasteiger partial charge < -0.3 is 15.4 Å². The highest BCUT2D eigenvalue weighted by Gasteiger charge is 2.39. The Hall–Kier alpha value is -0.750. The molecule has 21 heavy (non-hydrogen) atoms. The molecule has 0 aromatic rings. The number of thioether (sulfide) groups is 1. The number of carbonyl (C=O) groups is 2. The Balaban J connectivity index is 1.86. The lowest BCUT2D eigenvalue weighted by molar-refractivity contribution is -0.130. The predicted molar refractivity (Wildman–Crippen MR) is 84.3 cm³/mol. The highest BCUT2D eigenvalue weighted by molar-refractivity contribution is 8.01. The van der Waals surface area contributed by atoms with Crippen LogP contribution in [0.15, 0.2) is 0 Å². The number of rotatable bonds is 5. The first-order chi connectivity index (χ1) is 9.88. The number of carbonyl (C=O) groups excluding carboxylic acids is 2. The summed E-state index contributed by atoms with van der Waals surface area (Å²) < 4.78 is 4.88. The van der Waals surface area contributed by atoms with E-state index in [0.29, 0.717) is 18.9 Å². The molecule has 1 aliphatic carbocycles. The molecule has 2 rings (SSSR count). The zero-order valence-electron chi connectivity index (χ0n) is 13.2.